The van der Waals surface area contributed by atoms with Crippen LogP contribution in [0.2, 0.25) is 18.1 Å². The Morgan fingerprint density at radius 2 is 1.81 bits per heavy atom. The molecule has 0 aliphatic rings. The van der Waals surface area contributed by atoms with E-state index in [4.69, 9.17) is 15.9 Å². The van der Waals surface area contributed by atoms with Crippen LogP contribution in [-0.4, -0.2) is 50.5 Å². The molecule has 0 aliphatic carbocycles. The first-order valence-corrected chi connectivity index (χ1v) is 10.0. The van der Waals surface area contributed by atoms with E-state index in [9.17, 15) is 10.2 Å². The standard InChI is InChI=1S/C16H28O4Si/c1-6-16(18,15(13-17)20-14-19-5)11-10-12-21(7-2,8-3)9-4/h1,15,17-18H,7-9,11,13-14H2,2-5H3/t15-,16-/m1/s1. The van der Waals surface area contributed by atoms with Gasteiger partial charge in [-0.1, -0.05) is 26.7 Å². The summed E-state index contributed by atoms with van der Waals surface area (Å²) in [5.41, 5.74) is 1.77. The van der Waals surface area contributed by atoms with E-state index in [0.29, 0.717) is 0 Å². The Bertz CT molecular complexity index is 381. The van der Waals surface area contributed by atoms with E-state index in [0.717, 1.165) is 18.1 Å². The van der Waals surface area contributed by atoms with Crippen LogP contribution in [0.15, 0.2) is 0 Å². The zero-order valence-corrected chi connectivity index (χ0v) is 14.6. The number of aliphatic hydroxyl groups excluding tert-OH is 1. The van der Waals surface area contributed by atoms with E-state index in [1.54, 1.807) is 0 Å². The minimum absolute atomic E-state index is 0.0415. The Labute approximate surface area is 129 Å². The molecule has 0 saturated heterocycles. The predicted molar refractivity (Wildman–Crippen MR) is 87.2 cm³/mol. The first-order valence-electron chi connectivity index (χ1n) is 7.39. The summed E-state index contributed by atoms with van der Waals surface area (Å²) in [6.45, 7) is 6.07. The first-order chi connectivity index (χ1) is 9.97. The van der Waals surface area contributed by atoms with E-state index in [1.165, 1.54) is 7.11 Å². The van der Waals surface area contributed by atoms with Crippen molar-refractivity contribution in [2.75, 3.05) is 20.5 Å². The second-order valence-corrected chi connectivity index (χ2v) is 10.1. The summed E-state index contributed by atoms with van der Waals surface area (Å²) in [6.07, 6.45) is 4.60. The van der Waals surface area contributed by atoms with Crippen molar-refractivity contribution in [3.05, 3.63) is 0 Å². The molecule has 0 spiro atoms. The fourth-order valence-electron chi connectivity index (χ4n) is 2.13. The van der Waals surface area contributed by atoms with Crippen LogP contribution in [0.1, 0.15) is 27.2 Å². The summed E-state index contributed by atoms with van der Waals surface area (Å²) < 4.78 is 10.0. The van der Waals surface area contributed by atoms with Crippen molar-refractivity contribution in [1.82, 2.24) is 0 Å². The lowest BCUT2D eigenvalue weighted by Crippen LogP contribution is -2.45. The lowest BCUT2D eigenvalue weighted by molar-refractivity contribution is -0.147. The minimum atomic E-state index is -1.60. The summed E-state index contributed by atoms with van der Waals surface area (Å²) in [5, 5.41) is 19.8. The van der Waals surface area contributed by atoms with Crippen LogP contribution in [0.5, 0.6) is 0 Å². The molecule has 0 rings (SSSR count). The van der Waals surface area contributed by atoms with Gasteiger partial charge in [-0.25, -0.2) is 0 Å². The molecule has 0 radical (unpaired) electrons. The Kier molecular flexibility index (Phi) is 9.60. The zero-order chi connectivity index (χ0) is 16.4. The molecule has 2 N–H and O–H groups in total. The average molecular weight is 312 g/mol. The Morgan fingerprint density at radius 3 is 2.19 bits per heavy atom. The molecule has 2 atom stereocenters. The van der Waals surface area contributed by atoms with Crippen molar-refractivity contribution < 1.29 is 19.7 Å². The Morgan fingerprint density at radius 1 is 1.24 bits per heavy atom. The number of ether oxygens (including phenoxy) is 2. The normalized spacial score (nSPS) is 15.5. The molecule has 0 heterocycles. The number of methoxy groups -OCH3 is 1. The molecule has 0 amide bonds. The maximum Gasteiger partial charge on any atom is 0.164 e. The zero-order valence-electron chi connectivity index (χ0n) is 13.6. The molecule has 0 aromatic heterocycles. The van der Waals surface area contributed by atoms with Crippen molar-refractivity contribution in [2.45, 2.75) is 57.0 Å². The van der Waals surface area contributed by atoms with Gasteiger partial charge in [-0.15, -0.1) is 17.9 Å². The fourth-order valence-corrected chi connectivity index (χ4v) is 4.62. The number of aliphatic hydroxyl groups is 2. The van der Waals surface area contributed by atoms with E-state index in [2.05, 4.69) is 38.2 Å². The van der Waals surface area contributed by atoms with Gasteiger partial charge in [0.05, 0.1) is 13.0 Å². The van der Waals surface area contributed by atoms with E-state index < -0.39 is 19.8 Å². The van der Waals surface area contributed by atoms with Crippen LogP contribution in [-0.2, 0) is 9.47 Å². The van der Waals surface area contributed by atoms with E-state index >= 15 is 0 Å². The number of hydrogen-bond donors (Lipinski definition) is 2. The van der Waals surface area contributed by atoms with Gasteiger partial charge in [-0.05, 0) is 18.1 Å². The van der Waals surface area contributed by atoms with Crippen molar-refractivity contribution >= 4 is 8.07 Å². The van der Waals surface area contributed by atoms with Gasteiger partial charge in [0.25, 0.3) is 0 Å². The van der Waals surface area contributed by atoms with Gasteiger partial charge in [0.2, 0.25) is 0 Å². The quantitative estimate of drug-likeness (QED) is 0.387. The Balaban J connectivity index is 5.03. The van der Waals surface area contributed by atoms with Crippen molar-refractivity contribution in [3.8, 4) is 23.8 Å². The minimum Gasteiger partial charge on any atom is -0.394 e. The molecule has 120 valence electrons. The molecule has 0 aromatic rings. The van der Waals surface area contributed by atoms with Crippen molar-refractivity contribution in [3.63, 3.8) is 0 Å². The van der Waals surface area contributed by atoms with Gasteiger partial charge in [0.1, 0.15) is 21.0 Å². The first kappa shape index (κ1) is 20.2. The molecule has 0 bridgehead atoms. The average Bonchev–Trinajstić information content (AvgIpc) is 2.52. The summed E-state index contributed by atoms with van der Waals surface area (Å²) >= 11 is 0. The monoisotopic (exact) mass is 312 g/mol. The highest BCUT2D eigenvalue weighted by Gasteiger charge is 2.35. The van der Waals surface area contributed by atoms with Crippen LogP contribution in [0.25, 0.3) is 0 Å². The molecule has 0 saturated carbocycles. The maximum absolute atomic E-state index is 10.5. The smallest absolute Gasteiger partial charge is 0.164 e. The van der Waals surface area contributed by atoms with Gasteiger partial charge in [-0.2, -0.15) is 0 Å². The number of rotatable bonds is 9. The second kappa shape index (κ2) is 10.00. The lowest BCUT2D eigenvalue weighted by atomic mass is 9.94. The highest BCUT2D eigenvalue weighted by molar-refractivity contribution is 6.87. The Hall–Kier alpha value is -0.823. The number of terminal acetylenes is 1. The molecule has 0 unspecified atom stereocenters. The maximum atomic E-state index is 10.5. The van der Waals surface area contributed by atoms with E-state index in [1.807, 2.05) is 0 Å². The van der Waals surface area contributed by atoms with Crippen LogP contribution in [0, 0.1) is 23.8 Å². The molecule has 4 nitrogen and oxygen atoms in total. The largest absolute Gasteiger partial charge is 0.394 e. The van der Waals surface area contributed by atoms with Crippen LogP contribution in [0.4, 0.5) is 0 Å². The summed E-state index contributed by atoms with van der Waals surface area (Å²) in [4.78, 5) is 0. The number of hydrogen-bond acceptors (Lipinski definition) is 4. The third-order valence-electron chi connectivity index (χ3n) is 4.08. The van der Waals surface area contributed by atoms with Crippen molar-refractivity contribution in [2.24, 2.45) is 0 Å². The molecule has 5 heteroatoms. The highest BCUT2D eigenvalue weighted by Crippen LogP contribution is 2.21. The predicted octanol–water partition coefficient (Wildman–Crippen LogP) is 1.77. The lowest BCUT2D eigenvalue weighted by Gasteiger charge is -2.29. The van der Waals surface area contributed by atoms with Crippen LogP contribution < -0.4 is 0 Å². The molecule has 21 heavy (non-hydrogen) atoms. The van der Waals surface area contributed by atoms with Crippen LogP contribution in [0.3, 0.4) is 0 Å². The molecule has 0 fully saturated rings. The van der Waals surface area contributed by atoms with Gasteiger partial charge < -0.3 is 19.7 Å². The summed E-state index contributed by atoms with van der Waals surface area (Å²) in [6, 6.07) is 3.27. The SMILES string of the molecule is C#C[C@@](O)(CC#C[Si](CC)(CC)CC)[C@@H](CO)OCOC. The van der Waals surface area contributed by atoms with Crippen LogP contribution >= 0.6 is 0 Å². The fraction of sp³-hybridized carbons (Fsp3) is 0.750. The third kappa shape index (κ3) is 5.82. The molecule has 0 aromatic carbocycles. The van der Waals surface area contributed by atoms with Gasteiger partial charge in [0, 0.05) is 7.11 Å². The topological polar surface area (TPSA) is 58.9 Å². The molecular weight excluding hydrogens is 284 g/mol. The second-order valence-electron chi connectivity index (χ2n) is 5.13. The van der Waals surface area contributed by atoms with Gasteiger partial charge in [-0.3, -0.25) is 0 Å². The summed E-state index contributed by atoms with van der Waals surface area (Å²) in [5.74, 6) is 5.36. The molecule has 0 aliphatic heterocycles. The summed E-state index contributed by atoms with van der Waals surface area (Å²) in [7, 11) is -0.104. The highest BCUT2D eigenvalue weighted by atomic mass is 28.3. The third-order valence-corrected chi connectivity index (χ3v) is 8.85. The van der Waals surface area contributed by atoms with Crippen molar-refractivity contribution in [1.29, 1.82) is 0 Å². The molecular formula is C16H28O4Si. The van der Waals surface area contributed by atoms with Gasteiger partial charge in [0.15, 0.2) is 5.60 Å². The van der Waals surface area contributed by atoms with E-state index in [-0.39, 0.29) is 19.8 Å². The van der Waals surface area contributed by atoms with Gasteiger partial charge >= 0.3 is 0 Å².